The van der Waals surface area contributed by atoms with Gasteiger partial charge in [-0.2, -0.15) is 11.8 Å². The highest BCUT2D eigenvalue weighted by Gasteiger charge is 2.66. The number of methoxy groups -OCH3 is 1. The second kappa shape index (κ2) is 8.88. The Balaban J connectivity index is 1.74. The SMILES string of the molecule is COC1C(O)CCC(O)(CSCc2ccccc2)C1C1(C)OC1CC=C(C)C. The molecule has 0 amide bonds. The number of allylic oxidation sites excluding steroid dienone is 1. The molecule has 0 radical (unpaired) electrons. The van der Waals surface area contributed by atoms with E-state index in [2.05, 4.69) is 39.0 Å². The minimum absolute atomic E-state index is 0.0565. The van der Waals surface area contributed by atoms with Gasteiger partial charge in [0.2, 0.25) is 0 Å². The lowest BCUT2D eigenvalue weighted by atomic mass is 9.66. The molecule has 1 aromatic carbocycles. The average molecular weight is 407 g/mol. The van der Waals surface area contributed by atoms with E-state index in [4.69, 9.17) is 9.47 Å². The second-order valence-corrected chi connectivity index (χ2v) is 9.66. The molecule has 2 aliphatic rings. The van der Waals surface area contributed by atoms with Gasteiger partial charge in [0.1, 0.15) is 5.60 Å². The van der Waals surface area contributed by atoms with E-state index in [1.54, 1.807) is 18.9 Å². The zero-order valence-electron chi connectivity index (χ0n) is 17.4. The number of aliphatic hydroxyl groups excluding tert-OH is 1. The highest BCUT2D eigenvalue weighted by atomic mass is 32.2. The van der Waals surface area contributed by atoms with Crippen molar-refractivity contribution < 1.29 is 19.7 Å². The molecular formula is C23H34O4S. The molecule has 2 N–H and O–H groups in total. The van der Waals surface area contributed by atoms with Crippen molar-refractivity contribution in [1.29, 1.82) is 0 Å². The van der Waals surface area contributed by atoms with E-state index in [1.165, 1.54) is 11.1 Å². The Labute approximate surface area is 173 Å². The van der Waals surface area contributed by atoms with Crippen molar-refractivity contribution in [2.24, 2.45) is 5.92 Å². The summed E-state index contributed by atoms with van der Waals surface area (Å²) in [5.41, 5.74) is 1.12. The predicted octanol–water partition coefficient (Wildman–Crippen LogP) is 3.95. The van der Waals surface area contributed by atoms with Crippen LogP contribution in [-0.2, 0) is 15.2 Å². The summed E-state index contributed by atoms with van der Waals surface area (Å²) < 4.78 is 11.8. The third-order valence-corrected chi connectivity index (χ3v) is 7.47. The Kier molecular flexibility index (Phi) is 6.93. The molecule has 0 spiro atoms. The Morgan fingerprint density at radius 2 is 2.04 bits per heavy atom. The molecule has 4 nitrogen and oxygen atoms in total. The van der Waals surface area contributed by atoms with Gasteiger partial charge in [0.25, 0.3) is 0 Å². The van der Waals surface area contributed by atoms with E-state index < -0.39 is 23.4 Å². The third kappa shape index (κ3) is 4.65. The number of aliphatic hydroxyl groups is 2. The van der Waals surface area contributed by atoms with E-state index in [1.807, 2.05) is 18.2 Å². The molecule has 1 aliphatic carbocycles. The topological polar surface area (TPSA) is 62.2 Å². The van der Waals surface area contributed by atoms with Gasteiger partial charge in [0, 0.05) is 24.5 Å². The Morgan fingerprint density at radius 3 is 2.68 bits per heavy atom. The van der Waals surface area contributed by atoms with E-state index in [0.717, 1.165) is 12.2 Å². The van der Waals surface area contributed by atoms with Crippen LogP contribution in [0, 0.1) is 5.92 Å². The van der Waals surface area contributed by atoms with Crippen LogP contribution in [0.15, 0.2) is 42.0 Å². The summed E-state index contributed by atoms with van der Waals surface area (Å²) in [6.07, 6.45) is 3.19. The van der Waals surface area contributed by atoms with Crippen LogP contribution in [0.5, 0.6) is 0 Å². The van der Waals surface area contributed by atoms with E-state index in [9.17, 15) is 10.2 Å². The van der Waals surface area contributed by atoms with Crippen molar-refractivity contribution >= 4 is 11.8 Å². The van der Waals surface area contributed by atoms with Crippen LogP contribution in [0.3, 0.4) is 0 Å². The molecule has 28 heavy (non-hydrogen) atoms. The molecule has 1 saturated heterocycles. The summed E-state index contributed by atoms with van der Waals surface area (Å²) in [6, 6.07) is 10.3. The van der Waals surface area contributed by atoms with Gasteiger partial charge in [-0.3, -0.25) is 0 Å². The fraction of sp³-hybridized carbons (Fsp3) is 0.652. The first-order valence-electron chi connectivity index (χ1n) is 10.2. The summed E-state index contributed by atoms with van der Waals surface area (Å²) in [6.45, 7) is 6.23. The van der Waals surface area contributed by atoms with Gasteiger partial charge in [0.15, 0.2) is 0 Å². The fourth-order valence-electron chi connectivity index (χ4n) is 4.65. The van der Waals surface area contributed by atoms with Gasteiger partial charge < -0.3 is 19.7 Å². The number of hydrogen-bond acceptors (Lipinski definition) is 5. The van der Waals surface area contributed by atoms with Gasteiger partial charge in [-0.25, -0.2) is 0 Å². The van der Waals surface area contributed by atoms with Crippen LogP contribution in [0.1, 0.15) is 45.6 Å². The monoisotopic (exact) mass is 406 g/mol. The first kappa shape index (κ1) is 21.8. The molecule has 5 heteroatoms. The summed E-state index contributed by atoms with van der Waals surface area (Å²) in [4.78, 5) is 0. The number of thioether (sulfide) groups is 1. The van der Waals surface area contributed by atoms with Gasteiger partial charge in [-0.1, -0.05) is 42.0 Å². The van der Waals surface area contributed by atoms with Crippen LogP contribution >= 0.6 is 11.8 Å². The van der Waals surface area contributed by atoms with Crippen molar-refractivity contribution in [1.82, 2.24) is 0 Å². The molecule has 3 rings (SSSR count). The van der Waals surface area contributed by atoms with Crippen molar-refractivity contribution in [3.05, 3.63) is 47.5 Å². The maximum Gasteiger partial charge on any atom is 0.100 e. The van der Waals surface area contributed by atoms with Crippen LogP contribution in [0.4, 0.5) is 0 Å². The number of hydrogen-bond donors (Lipinski definition) is 2. The number of benzene rings is 1. The maximum atomic E-state index is 11.7. The van der Waals surface area contributed by atoms with Gasteiger partial charge in [-0.05, 0) is 45.6 Å². The van der Waals surface area contributed by atoms with Gasteiger partial charge in [0.05, 0.1) is 23.9 Å². The van der Waals surface area contributed by atoms with Crippen molar-refractivity contribution in [3.63, 3.8) is 0 Å². The highest BCUT2D eigenvalue weighted by molar-refractivity contribution is 7.98. The molecule has 6 atom stereocenters. The Morgan fingerprint density at radius 1 is 1.32 bits per heavy atom. The van der Waals surface area contributed by atoms with Gasteiger partial charge in [-0.15, -0.1) is 0 Å². The molecule has 0 bridgehead atoms. The van der Waals surface area contributed by atoms with E-state index in [0.29, 0.717) is 18.6 Å². The van der Waals surface area contributed by atoms with Crippen LogP contribution in [0.2, 0.25) is 0 Å². The van der Waals surface area contributed by atoms with Crippen molar-refractivity contribution in [2.45, 2.75) is 75.3 Å². The lowest BCUT2D eigenvalue weighted by Crippen LogP contribution is -2.60. The van der Waals surface area contributed by atoms with Crippen LogP contribution < -0.4 is 0 Å². The lowest BCUT2D eigenvalue weighted by molar-refractivity contribution is -0.169. The lowest BCUT2D eigenvalue weighted by Gasteiger charge is -2.48. The minimum atomic E-state index is -0.923. The quantitative estimate of drug-likeness (QED) is 0.506. The fourth-order valence-corrected chi connectivity index (χ4v) is 5.86. The molecule has 2 fully saturated rings. The zero-order chi connectivity index (χ0) is 20.4. The number of epoxide rings is 1. The van der Waals surface area contributed by atoms with Crippen LogP contribution in [-0.4, -0.2) is 52.6 Å². The summed E-state index contributed by atoms with van der Waals surface area (Å²) >= 11 is 1.74. The molecular weight excluding hydrogens is 372 g/mol. The van der Waals surface area contributed by atoms with Crippen molar-refractivity contribution in [2.75, 3.05) is 12.9 Å². The summed E-state index contributed by atoms with van der Waals surface area (Å²) in [5.74, 6) is 1.20. The standard InChI is InChI=1S/C23H34O4S/c1-16(2)10-11-19-22(3,27-19)21-20(26-4)18(24)12-13-23(21,25)15-28-14-17-8-6-5-7-9-17/h5-10,18-21,24-25H,11-15H2,1-4H3. The summed E-state index contributed by atoms with van der Waals surface area (Å²) in [7, 11) is 1.63. The average Bonchev–Trinajstić information content (AvgIpc) is 3.33. The van der Waals surface area contributed by atoms with E-state index >= 15 is 0 Å². The maximum absolute atomic E-state index is 11.7. The molecule has 6 unspecified atom stereocenters. The normalized spacial score (nSPS) is 37.5. The summed E-state index contributed by atoms with van der Waals surface area (Å²) in [5, 5.41) is 22.3. The van der Waals surface area contributed by atoms with E-state index in [-0.39, 0.29) is 12.0 Å². The molecule has 156 valence electrons. The van der Waals surface area contributed by atoms with Crippen LogP contribution in [0.25, 0.3) is 0 Å². The molecule has 1 heterocycles. The largest absolute Gasteiger partial charge is 0.390 e. The number of ether oxygens (including phenoxy) is 2. The second-order valence-electron chi connectivity index (χ2n) is 8.67. The Hall–Kier alpha value is -0.850. The first-order valence-corrected chi connectivity index (χ1v) is 11.3. The molecule has 0 aromatic heterocycles. The molecule has 1 aliphatic heterocycles. The minimum Gasteiger partial charge on any atom is -0.390 e. The third-order valence-electron chi connectivity index (χ3n) is 6.23. The van der Waals surface area contributed by atoms with Crippen molar-refractivity contribution in [3.8, 4) is 0 Å². The smallest absolute Gasteiger partial charge is 0.100 e. The molecule has 1 saturated carbocycles. The highest BCUT2D eigenvalue weighted by Crippen LogP contribution is 2.55. The zero-order valence-corrected chi connectivity index (χ0v) is 18.2. The first-order chi connectivity index (χ1) is 13.3. The predicted molar refractivity (Wildman–Crippen MR) is 114 cm³/mol. The molecule has 1 aromatic rings. The number of rotatable bonds is 8. The van der Waals surface area contributed by atoms with Gasteiger partial charge >= 0.3 is 0 Å². The Bertz CT molecular complexity index is 674.